The van der Waals surface area contributed by atoms with Crippen molar-refractivity contribution in [3.63, 3.8) is 0 Å². The van der Waals surface area contributed by atoms with Gasteiger partial charge in [-0.25, -0.2) is 14.4 Å². The van der Waals surface area contributed by atoms with Gasteiger partial charge in [-0.1, -0.05) is 12.1 Å². The Kier molecular flexibility index (Phi) is 3.41. The minimum Gasteiger partial charge on any atom is -0.470 e. The SMILES string of the molecule is Cc1cnc(N)c(OCc2c(C)cccc2F)n1. The Morgan fingerprint density at radius 2 is 2.11 bits per heavy atom. The molecule has 1 heterocycles. The van der Waals surface area contributed by atoms with E-state index in [2.05, 4.69) is 9.97 Å². The lowest BCUT2D eigenvalue weighted by atomic mass is 10.1. The second kappa shape index (κ2) is 5.00. The molecule has 4 nitrogen and oxygen atoms in total. The molecule has 0 atom stereocenters. The van der Waals surface area contributed by atoms with Gasteiger partial charge in [0, 0.05) is 5.56 Å². The molecule has 0 amide bonds. The van der Waals surface area contributed by atoms with Crippen LogP contribution in [0.1, 0.15) is 16.8 Å². The number of rotatable bonds is 3. The molecule has 0 saturated heterocycles. The highest BCUT2D eigenvalue weighted by Gasteiger charge is 2.09. The topological polar surface area (TPSA) is 61.0 Å². The number of hydrogen-bond donors (Lipinski definition) is 1. The standard InChI is InChI=1S/C13H14FN3O/c1-8-4-3-5-11(14)10(8)7-18-13-12(15)16-6-9(2)17-13/h3-6H,7H2,1-2H3,(H2,15,16). The first-order chi connectivity index (χ1) is 8.58. The molecule has 0 unspecified atom stereocenters. The molecule has 0 aliphatic heterocycles. The van der Waals surface area contributed by atoms with Crippen LogP contribution in [0.15, 0.2) is 24.4 Å². The third-order valence-corrected chi connectivity index (χ3v) is 2.59. The van der Waals surface area contributed by atoms with Crippen LogP contribution >= 0.6 is 0 Å². The van der Waals surface area contributed by atoms with Crippen LogP contribution in [0, 0.1) is 19.7 Å². The molecule has 0 spiro atoms. The van der Waals surface area contributed by atoms with Crippen molar-refractivity contribution in [2.75, 3.05) is 5.73 Å². The quantitative estimate of drug-likeness (QED) is 0.904. The summed E-state index contributed by atoms with van der Waals surface area (Å²) >= 11 is 0. The van der Waals surface area contributed by atoms with Gasteiger partial charge in [0.2, 0.25) is 0 Å². The summed E-state index contributed by atoms with van der Waals surface area (Å²) in [6.07, 6.45) is 1.55. The summed E-state index contributed by atoms with van der Waals surface area (Å²) in [5.41, 5.74) is 7.66. The van der Waals surface area contributed by atoms with Crippen LogP contribution < -0.4 is 10.5 Å². The number of anilines is 1. The number of nitrogen functional groups attached to an aromatic ring is 1. The summed E-state index contributed by atoms with van der Waals surface area (Å²) in [6.45, 7) is 3.70. The van der Waals surface area contributed by atoms with Gasteiger partial charge >= 0.3 is 0 Å². The number of ether oxygens (including phenoxy) is 1. The number of halogens is 1. The Bertz CT molecular complexity index is 552. The summed E-state index contributed by atoms with van der Waals surface area (Å²) in [6, 6.07) is 4.89. The Morgan fingerprint density at radius 1 is 1.33 bits per heavy atom. The summed E-state index contributed by atoms with van der Waals surface area (Å²) in [5.74, 6) is 0.140. The largest absolute Gasteiger partial charge is 0.470 e. The predicted octanol–water partition coefficient (Wildman–Crippen LogP) is 2.39. The van der Waals surface area contributed by atoms with Crippen LogP contribution in [0.2, 0.25) is 0 Å². The number of nitrogens with two attached hydrogens (primary N) is 1. The van der Waals surface area contributed by atoms with Crippen LogP contribution in [0.25, 0.3) is 0 Å². The Morgan fingerprint density at radius 3 is 2.83 bits per heavy atom. The first-order valence-electron chi connectivity index (χ1n) is 5.54. The number of aryl methyl sites for hydroxylation is 2. The molecule has 94 valence electrons. The lowest BCUT2D eigenvalue weighted by Crippen LogP contribution is -2.06. The molecular weight excluding hydrogens is 233 g/mol. The minimum atomic E-state index is -0.297. The first-order valence-corrected chi connectivity index (χ1v) is 5.54. The van der Waals surface area contributed by atoms with Crippen molar-refractivity contribution in [2.24, 2.45) is 0 Å². The maximum atomic E-state index is 13.6. The molecule has 0 aliphatic rings. The van der Waals surface area contributed by atoms with Crippen molar-refractivity contribution >= 4 is 5.82 Å². The third-order valence-electron chi connectivity index (χ3n) is 2.59. The van der Waals surface area contributed by atoms with Crippen LogP contribution in [-0.4, -0.2) is 9.97 Å². The van der Waals surface area contributed by atoms with E-state index in [1.807, 2.05) is 13.0 Å². The minimum absolute atomic E-state index is 0.0842. The van der Waals surface area contributed by atoms with Crippen molar-refractivity contribution < 1.29 is 9.13 Å². The van der Waals surface area contributed by atoms with E-state index in [-0.39, 0.29) is 24.1 Å². The Labute approximate surface area is 105 Å². The van der Waals surface area contributed by atoms with E-state index in [9.17, 15) is 4.39 Å². The number of hydrogen-bond acceptors (Lipinski definition) is 4. The Balaban J connectivity index is 2.19. The average Bonchev–Trinajstić information content (AvgIpc) is 2.33. The van der Waals surface area contributed by atoms with Gasteiger partial charge in [0.15, 0.2) is 5.82 Å². The maximum absolute atomic E-state index is 13.6. The van der Waals surface area contributed by atoms with E-state index in [1.54, 1.807) is 19.2 Å². The van der Waals surface area contributed by atoms with E-state index in [0.29, 0.717) is 11.3 Å². The highest BCUT2D eigenvalue weighted by Crippen LogP contribution is 2.19. The maximum Gasteiger partial charge on any atom is 0.257 e. The van der Waals surface area contributed by atoms with Crippen molar-refractivity contribution in [3.05, 3.63) is 47.0 Å². The van der Waals surface area contributed by atoms with Crippen LogP contribution in [-0.2, 0) is 6.61 Å². The molecule has 0 saturated carbocycles. The monoisotopic (exact) mass is 247 g/mol. The number of aromatic nitrogens is 2. The predicted molar refractivity (Wildman–Crippen MR) is 66.7 cm³/mol. The molecule has 0 radical (unpaired) electrons. The summed E-state index contributed by atoms with van der Waals surface area (Å²) < 4.78 is 19.0. The fourth-order valence-electron chi connectivity index (χ4n) is 1.56. The fourth-order valence-corrected chi connectivity index (χ4v) is 1.56. The van der Waals surface area contributed by atoms with Gasteiger partial charge in [-0.15, -0.1) is 0 Å². The molecule has 1 aromatic carbocycles. The van der Waals surface area contributed by atoms with Gasteiger partial charge < -0.3 is 10.5 Å². The molecular formula is C13H14FN3O. The summed E-state index contributed by atoms with van der Waals surface area (Å²) in [4.78, 5) is 8.05. The number of benzene rings is 1. The lowest BCUT2D eigenvalue weighted by molar-refractivity contribution is 0.287. The smallest absolute Gasteiger partial charge is 0.257 e. The molecule has 0 bridgehead atoms. The molecule has 0 fully saturated rings. The molecule has 5 heteroatoms. The second-order valence-electron chi connectivity index (χ2n) is 4.03. The zero-order valence-electron chi connectivity index (χ0n) is 10.3. The van der Waals surface area contributed by atoms with Crippen LogP contribution in [0.5, 0.6) is 5.88 Å². The summed E-state index contributed by atoms with van der Waals surface area (Å²) in [7, 11) is 0. The van der Waals surface area contributed by atoms with Crippen LogP contribution in [0.3, 0.4) is 0 Å². The van der Waals surface area contributed by atoms with E-state index in [0.717, 1.165) is 5.56 Å². The van der Waals surface area contributed by atoms with Gasteiger partial charge in [-0.05, 0) is 25.5 Å². The summed E-state index contributed by atoms with van der Waals surface area (Å²) in [5, 5.41) is 0. The second-order valence-corrected chi connectivity index (χ2v) is 4.03. The normalized spacial score (nSPS) is 10.4. The molecule has 1 aromatic heterocycles. The van der Waals surface area contributed by atoms with Gasteiger partial charge in [-0.3, -0.25) is 0 Å². The molecule has 2 aromatic rings. The zero-order chi connectivity index (χ0) is 13.1. The van der Waals surface area contributed by atoms with Gasteiger partial charge in [-0.2, -0.15) is 0 Å². The molecule has 2 N–H and O–H groups in total. The van der Waals surface area contributed by atoms with Gasteiger partial charge in [0.25, 0.3) is 5.88 Å². The Hall–Kier alpha value is -2.17. The van der Waals surface area contributed by atoms with Crippen molar-refractivity contribution in [1.82, 2.24) is 9.97 Å². The molecule has 18 heavy (non-hydrogen) atoms. The zero-order valence-corrected chi connectivity index (χ0v) is 10.3. The fraction of sp³-hybridized carbons (Fsp3) is 0.231. The lowest BCUT2D eigenvalue weighted by Gasteiger charge is -2.10. The highest BCUT2D eigenvalue weighted by molar-refractivity contribution is 5.40. The molecule has 2 rings (SSSR count). The average molecular weight is 247 g/mol. The highest BCUT2D eigenvalue weighted by atomic mass is 19.1. The van der Waals surface area contributed by atoms with Crippen molar-refractivity contribution in [2.45, 2.75) is 20.5 Å². The van der Waals surface area contributed by atoms with Crippen LogP contribution in [0.4, 0.5) is 10.2 Å². The van der Waals surface area contributed by atoms with Gasteiger partial charge in [0.05, 0.1) is 11.9 Å². The first kappa shape index (κ1) is 12.3. The number of nitrogens with zero attached hydrogens (tertiary/aromatic N) is 2. The van der Waals surface area contributed by atoms with E-state index in [1.165, 1.54) is 6.07 Å². The van der Waals surface area contributed by atoms with E-state index < -0.39 is 0 Å². The molecule has 0 aliphatic carbocycles. The van der Waals surface area contributed by atoms with E-state index in [4.69, 9.17) is 10.5 Å². The van der Waals surface area contributed by atoms with Crippen molar-refractivity contribution in [3.8, 4) is 5.88 Å². The van der Waals surface area contributed by atoms with E-state index >= 15 is 0 Å². The van der Waals surface area contributed by atoms with Crippen molar-refractivity contribution in [1.29, 1.82) is 0 Å². The van der Waals surface area contributed by atoms with Gasteiger partial charge in [0.1, 0.15) is 12.4 Å². The third kappa shape index (κ3) is 2.56.